The van der Waals surface area contributed by atoms with Crippen LogP contribution in [0.1, 0.15) is 12.7 Å². The summed E-state index contributed by atoms with van der Waals surface area (Å²) in [4.78, 5) is 45.5. The van der Waals surface area contributed by atoms with Crippen molar-refractivity contribution in [2.45, 2.75) is 6.92 Å². The number of hydrazone groups is 1. The maximum atomic E-state index is 12.0. The van der Waals surface area contributed by atoms with Gasteiger partial charge >= 0.3 is 17.9 Å². The zero-order valence-corrected chi connectivity index (χ0v) is 12.0. The molecule has 1 aliphatic heterocycles. The molecule has 0 spiro atoms. The Morgan fingerprint density at radius 3 is 2.87 bits per heavy atom. The average Bonchev–Trinajstić information content (AvgIpc) is 3.06. The largest absolute Gasteiger partial charge is 0.465 e. The number of rotatable bonds is 6. The molecule has 2 heterocycles. The zero-order valence-electron chi connectivity index (χ0n) is 12.0. The van der Waals surface area contributed by atoms with Crippen LogP contribution in [0.2, 0.25) is 0 Å². The van der Waals surface area contributed by atoms with Crippen LogP contribution in [0.3, 0.4) is 0 Å². The normalized spacial score (nSPS) is 14.8. The van der Waals surface area contributed by atoms with E-state index in [1.54, 1.807) is 6.92 Å². The number of nitrogens with zero attached hydrogens (tertiary/aromatic N) is 4. The van der Waals surface area contributed by atoms with Gasteiger partial charge in [-0.2, -0.15) is 5.10 Å². The summed E-state index contributed by atoms with van der Waals surface area (Å²) in [6.07, 6.45) is 1.06. The number of ether oxygens (including phenoxy) is 1. The first-order chi connectivity index (χ1) is 10.9. The van der Waals surface area contributed by atoms with Gasteiger partial charge in [-0.3, -0.25) is 19.7 Å². The van der Waals surface area contributed by atoms with Gasteiger partial charge in [-0.05, 0) is 13.0 Å². The summed E-state index contributed by atoms with van der Waals surface area (Å²) in [6.45, 7) is 0.889. The Kier molecular flexibility index (Phi) is 4.69. The molecule has 0 N–H and O–H groups in total. The van der Waals surface area contributed by atoms with Gasteiger partial charge in [0.2, 0.25) is 0 Å². The molecule has 11 nitrogen and oxygen atoms in total. The van der Waals surface area contributed by atoms with Crippen molar-refractivity contribution < 1.29 is 28.5 Å². The minimum absolute atomic E-state index is 0.0424. The van der Waals surface area contributed by atoms with Crippen molar-refractivity contribution in [1.82, 2.24) is 9.91 Å². The van der Waals surface area contributed by atoms with Gasteiger partial charge in [0, 0.05) is 0 Å². The molecule has 122 valence electrons. The van der Waals surface area contributed by atoms with E-state index in [9.17, 15) is 24.5 Å². The van der Waals surface area contributed by atoms with E-state index >= 15 is 0 Å². The van der Waals surface area contributed by atoms with Crippen LogP contribution >= 0.6 is 0 Å². The predicted molar refractivity (Wildman–Crippen MR) is 73.4 cm³/mol. The molecule has 23 heavy (non-hydrogen) atoms. The average molecular weight is 324 g/mol. The number of nitro groups is 1. The third kappa shape index (κ3) is 3.70. The Labute approximate surface area is 129 Å². The molecule has 0 saturated carbocycles. The van der Waals surface area contributed by atoms with E-state index in [-0.39, 0.29) is 18.9 Å². The summed E-state index contributed by atoms with van der Waals surface area (Å²) in [6, 6.07) is 1.63. The van der Waals surface area contributed by atoms with Gasteiger partial charge in [0.15, 0.2) is 5.76 Å². The van der Waals surface area contributed by atoms with Crippen LogP contribution in [0.5, 0.6) is 0 Å². The van der Waals surface area contributed by atoms with Crippen molar-refractivity contribution in [2.75, 3.05) is 19.7 Å². The second kappa shape index (κ2) is 6.68. The molecule has 1 aliphatic rings. The van der Waals surface area contributed by atoms with Crippen molar-refractivity contribution in [3.05, 3.63) is 28.0 Å². The molecule has 2 rings (SSSR count). The molecule has 0 aromatic carbocycles. The van der Waals surface area contributed by atoms with E-state index in [2.05, 4.69) is 9.84 Å². The first-order valence-corrected chi connectivity index (χ1v) is 6.48. The number of carbonyl (C=O) groups is 3. The van der Waals surface area contributed by atoms with E-state index in [1.807, 2.05) is 0 Å². The quantitative estimate of drug-likeness (QED) is 0.242. The van der Waals surface area contributed by atoms with E-state index in [4.69, 9.17) is 4.42 Å². The van der Waals surface area contributed by atoms with Crippen LogP contribution < -0.4 is 0 Å². The van der Waals surface area contributed by atoms with Gasteiger partial charge in [-0.15, -0.1) is 0 Å². The molecule has 1 saturated heterocycles. The standard InChI is InChI=1S/C12H12N4O7/c1-2-22-11(18)7-14-9(17)6-15(12(14)19)13-5-8-3-4-10(23-8)16(20)21/h3-5H,2,6-7H2,1H3/b13-5-. The summed E-state index contributed by atoms with van der Waals surface area (Å²) in [7, 11) is 0. The fourth-order valence-corrected chi connectivity index (χ4v) is 1.75. The number of furan rings is 1. The number of esters is 1. The van der Waals surface area contributed by atoms with Gasteiger partial charge in [-0.1, -0.05) is 0 Å². The maximum absolute atomic E-state index is 12.0. The van der Waals surface area contributed by atoms with Crippen LogP contribution in [0.4, 0.5) is 10.7 Å². The SMILES string of the molecule is CCOC(=O)CN1C(=O)CN(/N=C\c2ccc([N+](=O)[O-])o2)C1=O. The lowest BCUT2D eigenvalue weighted by Gasteiger charge is -2.12. The number of amides is 3. The molecular formula is C12H12N4O7. The molecule has 1 fully saturated rings. The van der Waals surface area contributed by atoms with E-state index in [1.165, 1.54) is 6.07 Å². The van der Waals surface area contributed by atoms with Crippen LogP contribution in [0.15, 0.2) is 21.7 Å². The Hall–Kier alpha value is -3.24. The number of imide groups is 1. The molecule has 1 aromatic rings. The molecule has 0 radical (unpaired) electrons. The third-order valence-electron chi connectivity index (χ3n) is 2.75. The Morgan fingerprint density at radius 2 is 2.26 bits per heavy atom. The number of hydrogen-bond acceptors (Lipinski definition) is 8. The van der Waals surface area contributed by atoms with Crippen molar-refractivity contribution in [2.24, 2.45) is 5.10 Å². The lowest BCUT2D eigenvalue weighted by atomic mass is 10.5. The van der Waals surface area contributed by atoms with E-state index in [0.29, 0.717) is 4.90 Å². The fraction of sp³-hybridized carbons (Fsp3) is 0.333. The predicted octanol–water partition coefficient (Wildman–Crippen LogP) is 0.349. The molecular weight excluding hydrogens is 312 g/mol. The Balaban J connectivity index is 2.02. The van der Waals surface area contributed by atoms with Gasteiger partial charge in [0.05, 0.1) is 18.9 Å². The van der Waals surface area contributed by atoms with Crippen molar-refractivity contribution in [3.8, 4) is 0 Å². The Morgan fingerprint density at radius 1 is 1.52 bits per heavy atom. The third-order valence-corrected chi connectivity index (χ3v) is 2.75. The molecule has 0 atom stereocenters. The van der Waals surface area contributed by atoms with Crippen LogP contribution in [-0.2, 0) is 14.3 Å². The topological polar surface area (TPSA) is 136 Å². The van der Waals surface area contributed by atoms with Crippen molar-refractivity contribution in [3.63, 3.8) is 0 Å². The summed E-state index contributed by atoms with van der Waals surface area (Å²) in [5.41, 5.74) is 0. The van der Waals surface area contributed by atoms with E-state index in [0.717, 1.165) is 17.3 Å². The minimum Gasteiger partial charge on any atom is -0.465 e. The summed E-state index contributed by atoms with van der Waals surface area (Å²) in [5, 5.41) is 15.0. The zero-order chi connectivity index (χ0) is 17.0. The number of carbonyl (C=O) groups excluding carboxylic acids is 3. The van der Waals surface area contributed by atoms with Crippen LogP contribution in [0.25, 0.3) is 0 Å². The first kappa shape index (κ1) is 16.1. The lowest BCUT2D eigenvalue weighted by molar-refractivity contribution is -0.402. The smallest absolute Gasteiger partial charge is 0.433 e. The van der Waals surface area contributed by atoms with Crippen LogP contribution in [0, 0.1) is 10.1 Å². The summed E-state index contributed by atoms with van der Waals surface area (Å²) >= 11 is 0. The highest BCUT2D eigenvalue weighted by atomic mass is 16.6. The van der Waals surface area contributed by atoms with Crippen LogP contribution in [-0.4, -0.2) is 58.7 Å². The molecule has 11 heteroatoms. The highest BCUT2D eigenvalue weighted by Gasteiger charge is 2.37. The van der Waals surface area contributed by atoms with Gasteiger partial charge in [-0.25, -0.2) is 14.7 Å². The summed E-state index contributed by atoms with van der Waals surface area (Å²) in [5.74, 6) is -1.74. The maximum Gasteiger partial charge on any atom is 0.433 e. The number of hydrogen-bond donors (Lipinski definition) is 0. The Bertz CT molecular complexity index is 681. The number of urea groups is 1. The van der Waals surface area contributed by atoms with Gasteiger partial charge in [0.1, 0.15) is 18.0 Å². The monoisotopic (exact) mass is 324 g/mol. The van der Waals surface area contributed by atoms with Gasteiger partial charge < -0.3 is 9.15 Å². The second-order valence-corrected chi connectivity index (χ2v) is 4.30. The lowest BCUT2D eigenvalue weighted by Crippen LogP contribution is -2.36. The van der Waals surface area contributed by atoms with Crippen molar-refractivity contribution in [1.29, 1.82) is 0 Å². The highest BCUT2D eigenvalue weighted by molar-refractivity contribution is 6.04. The molecule has 1 aromatic heterocycles. The first-order valence-electron chi connectivity index (χ1n) is 6.48. The molecule has 0 aliphatic carbocycles. The highest BCUT2D eigenvalue weighted by Crippen LogP contribution is 2.15. The van der Waals surface area contributed by atoms with Gasteiger partial charge in [0.25, 0.3) is 5.91 Å². The molecule has 0 bridgehead atoms. The molecule has 3 amide bonds. The summed E-state index contributed by atoms with van der Waals surface area (Å²) < 4.78 is 9.50. The minimum atomic E-state index is -0.791. The molecule has 0 unspecified atom stereocenters. The van der Waals surface area contributed by atoms with Crippen molar-refractivity contribution >= 4 is 30.0 Å². The van der Waals surface area contributed by atoms with E-state index < -0.39 is 35.3 Å². The second-order valence-electron chi connectivity index (χ2n) is 4.30. The fourth-order valence-electron chi connectivity index (χ4n) is 1.75.